The second-order valence-corrected chi connectivity index (χ2v) is 6.19. The van der Waals surface area contributed by atoms with Crippen molar-refractivity contribution in [1.29, 1.82) is 0 Å². The van der Waals surface area contributed by atoms with Crippen molar-refractivity contribution in [2.75, 3.05) is 19.8 Å². The van der Waals surface area contributed by atoms with Crippen LogP contribution in [-0.4, -0.2) is 65.5 Å². The topological polar surface area (TPSA) is 27.7 Å². The molecule has 0 fully saturated rings. The first kappa shape index (κ1) is 24.5. The Hall–Kier alpha value is -0.533. The molecule has 152 valence electrons. The lowest BCUT2D eigenvalue weighted by molar-refractivity contribution is -0.459. The average molecular weight is 410 g/mol. The van der Waals surface area contributed by atoms with Gasteiger partial charge in [0.05, 0.1) is 10.2 Å². The van der Waals surface area contributed by atoms with Gasteiger partial charge in [0.2, 0.25) is 5.48 Å². The first-order valence-corrected chi connectivity index (χ1v) is 8.15. The minimum Gasteiger partial charge on any atom is -0.345 e. The maximum atomic E-state index is 14.7. The molecule has 25 heavy (non-hydrogen) atoms. The molecule has 0 spiro atoms. The van der Waals surface area contributed by atoms with E-state index in [0.717, 1.165) is 20.8 Å². The molecule has 0 radical (unpaired) electrons. The highest BCUT2D eigenvalue weighted by atomic mass is 28.1. The summed E-state index contributed by atoms with van der Waals surface area (Å²) in [6.45, 7) is -0.569. The summed E-state index contributed by atoms with van der Waals surface area (Å²) in [5.74, 6) is -23.5. The van der Waals surface area contributed by atoms with E-state index < -0.39 is 65.5 Å². The molecule has 0 aromatic rings. The summed E-state index contributed by atoms with van der Waals surface area (Å²) in [5, 5.41) is 0. The normalized spacial score (nSPS) is 21.0. The fraction of sp³-hybridized carbons (Fsp3) is 1.00. The fourth-order valence-corrected chi connectivity index (χ4v) is 2.55. The molecule has 0 aliphatic heterocycles. The van der Waals surface area contributed by atoms with Gasteiger partial charge >= 0.3 is 30.0 Å². The Morgan fingerprint density at radius 3 is 1.44 bits per heavy atom. The third-order valence-electron chi connectivity index (χ3n) is 3.19. The third kappa shape index (κ3) is 3.78. The zero-order valence-corrected chi connectivity index (χ0v) is 15.8. The molecule has 3 nitrogen and oxygen atoms in total. The molecule has 0 rings (SSSR count). The lowest BCUT2D eigenvalue weighted by Gasteiger charge is -2.46. The summed E-state index contributed by atoms with van der Waals surface area (Å²) in [4.78, 5) is 0. The molecular weight excluding hydrogens is 391 g/mol. The van der Waals surface area contributed by atoms with Gasteiger partial charge < -0.3 is 14.2 Å². The van der Waals surface area contributed by atoms with E-state index in [1.807, 2.05) is 0 Å². The van der Waals surface area contributed by atoms with Crippen molar-refractivity contribution in [1.82, 2.24) is 0 Å². The van der Waals surface area contributed by atoms with Crippen LogP contribution in [0.3, 0.4) is 0 Å². The van der Waals surface area contributed by atoms with Gasteiger partial charge in [0.15, 0.2) is 0 Å². The number of hydrogen-bond acceptors (Lipinski definition) is 3. The van der Waals surface area contributed by atoms with Gasteiger partial charge in [-0.15, -0.1) is 0 Å². The van der Waals surface area contributed by atoms with Gasteiger partial charge in [0.1, 0.15) is 0 Å². The van der Waals surface area contributed by atoms with Gasteiger partial charge in [-0.25, -0.2) is 13.2 Å². The van der Waals surface area contributed by atoms with Crippen LogP contribution < -0.4 is 0 Å². The minimum atomic E-state index is -6.41. The molecule has 3 unspecified atom stereocenters. The molecule has 0 amide bonds. The van der Waals surface area contributed by atoms with Crippen LogP contribution in [0.2, 0.25) is 0 Å². The van der Waals surface area contributed by atoms with Gasteiger partial charge in [-0.3, -0.25) is 0 Å². The smallest absolute Gasteiger partial charge is 0.345 e. The van der Waals surface area contributed by atoms with Gasteiger partial charge in [-0.1, -0.05) is 0 Å². The molecule has 0 saturated heterocycles. The number of rotatable bonds is 11. The Morgan fingerprint density at radius 2 is 1.12 bits per heavy atom. The zero-order valence-electron chi connectivity index (χ0n) is 13.8. The van der Waals surface area contributed by atoms with E-state index in [1.54, 1.807) is 0 Å². The predicted molar refractivity (Wildman–Crippen MR) is 72.2 cm³/mol. The molecule has 13 heteroatoms. The molecule has 0 bridgehead atoms. The second kappa shape index (κ2) is 8.01. The highest BCUT2D eigenvalue weighted by Gasteiger charge is 2.86. The summed E-state index contributed by atoms with van der Waals surface area (Å²) in [7, 11) is -1.42. The van der Waals surface area contributed by atoms with Gasteiger partial charge in [-0.05, 0) is 20.8 Å². The van der Waals surface area contributed by atoms with E-state index in [4.69, 9.17) is 0 Å². The quantitative estimate of drug-likeness (QED) is 0.387. The highest BCUT2D eigenvalue weighted by Crippen LogP contribution is 2.57. The molecule has 0 aliphatic rings. The Morgan fingerprint density at radius 1 is 0.720 bits per heavy atom. The van der Waals surface area contributed by atoms with Crippen molar-refractivity contribution < 1.29 is 53.7 Å². The minimum absolute atomic E-state index is 0.756. The van der Waals surface area contributed by atoms with Crippen LogP contribution in [0.15, 0.2) is 0 Å². The molecule has 0 heterocycles. The largest absolute Gasteiger partial charge is 0.379 e. The van der Waals surface area contributed by atoms with Crippen LogP contribution in [0.25, 0.3) is 0 Å². The van der Waals surface area contributed by atoms with Crippen molar-refractivity contribution in [2.24, 2.45) is 0 Å². The van der Waals surface area contributed by atoms with Crippen molar-refractivity contribution in [2.45, 2.75) is 56.2 Å². The highest BCUT2D eigenvalue weighted by molar-refractivity contribution is 6.14. The molecule has 0 aromatic heterocycles. The lowest BCUT2D eigenvalue weighted by Crippen LogP contribution is -2.74. The van der Waals surface area contributed by atoms with E-state index in [-0.39, 0.29) is 0 Å². The van der Waals surface area contributed by atoms with Gasteiger partial charge in [0, 0.05) is 19.8 Å². The van der Waals surface area contributed by atoms with E-state index in [0.29, 0.717) is 0 Å². The molecule has 0 aromatic carbocycles. The third-order valence-corrected chi connectivity index (χ3v) is 4.11. The average Bonchev–Trinajstić information content (AvgIpc) is 2.46. The number of hydrogen-bond donors (Lipinski definition) is 0. The zero-order chi connectivity index (χ0) is 20.3. The number of ether oxygens (including phenoxy) is 3. The Labute approximate surface area is 141 Å². The maximum Gasteiger partial charge on any atom is 0.379 e. The van der Waals surface area contributed by atoms with Crippen LogP contribution in [0, 0.1) is 0 Å². The SMILES string of the molecule is CCOC(F)([SiH3])C(F)(F)C(F)(F)C(F)(OCC)C(F)(OCC)C(F)F. The fourth-order valence-electron chi connectivity index (χ4n) is 1.95. The van der Waals surface area contributed by atoms with Gasteiger partial charge in [-0.2, -0.15) is 26.3 Å². The van der Waals surface area contributed by atoms with Crippen LogP contribution in [0.1, 0.15) is 20.8 Å². The van der Waals surface area contributed by atoms with E-state index >= 15 is 0 Å². The van der Waals surface area contributed by atoms with Crippen molar-refractivity contribution in [3.05, 3.63) is 0 Å². The van der Waals surface area contributed by atoms with E-state index in [9.17, 15) is 39.5 Å². The van der Waals surface area contributed by atoms with Crippen molar-refractivity contribution in [3.8, 4) is 0 Å². The maximum absolute atomic E-state index is 14.7. The summed E-state index contributed by atoms with van der Waals surface area (Å²) >= 11 is 0. The molecule has 0 N–H and O–H groups in total. The Kier molecular flexibility index (Phi) is 7.83. The molecule has 0 aliphatic carbocycles. The van der Waals surface area contributed by atoms with Crippen LogP contribution in [0.5, 0.6) is 0 Å². The van der Waals surface area contributed by atoms with E-state index in [1.165, 1.54) is 0 Å². The number of alkyl halides is 9. The summed E-state index contributed by atoms with van der Waals surface area (Å²) < 4.78 is 137. The first-order chi connectivity index (χ1) is 11.1. The van der Waals surface area contributed by atoms with Gasteiger partial charge in [0.25, 0.3) is 0 Å². The standard InChI is InChI=1S/C12H19F9O3Si/c1-4-22-8(15,7(13)14)11(20,23-5-2)9(16,17)10(18,19)12(21,25)24-6-3/h7H,4-6H2,1-3,25H3. The molecule has 3 atom stereocenters. The molecular formula is C12H19F9O3Si. The van der Waals surface area contributed by atoms with E-state index in [2.05, 4.69) is 14.2 Å². The van der Waals surface area contributed by atoms with Crippen molar-refractivity contribution in [3.63, 3.8) is 0 Å². The monoisotopic (exact) mass is 410 g/mol. The summed E-state index contributed by atoms with van der Waals surface area (Å²) in [6.07, 6.45) is -4.65. The van der Waals surface area contributed by atoms with Crippen LogP contribution >= 0.6 is 0 Å². The lowest BCUT2D eigenvalue weighted by atomic mass is 9.95. The Bertz CT molecular complexity index is 438. The summed E-state index contributed by atoms with van der Waals surface area (Å²) in [6, 6.07) is 0. The predicted octanol–water partition coefficient (Wildman–Crippen LogP) is 2.95. The summed E-state index contributed by atoms with van der Waals surface area (Å²) in [5.41, 5.74) is -4.39. The van der Waals surface area contributed by atoms with Crippen LogP contribution in [-0.2, 0) is 14.2 Å². The first-order valence-electron chi connectivity index (χ1n) is 7.15. The number of halogens is 9. The Balaban J connectivity index is 6.47. The molecule has 0 saturated carbocycles. The van der Waals surface area contributed by atoms with Crippen molar-refractivity contribution >= 4 is 10.2 Å². The van der Waals surface area contributed by atoms with Crippen LogP contribution in [0.4, 0.5) is 39.5 Å². The second-order valence-electron chi connectivity index (χ2n) is 4.91.